The second-order valence-electron chi connectivity index (χ2n) is 10.3. The third-order valence-electron chi connectivity index (χ3n) is 6.69. The Morgan fingerprint density at radius 3 is 2.54 bits per heavy atom. The molecule has 1 amide bonds. The van der Waals surface area contributed by atoms with Gasteiger partial charge in [0.15, 0.2) is 11.6 Å². The van der Waals surface area contributed by atoms with Crippen LogP contribution in [-0.4, -0.2) is 55.6 Å². The van der Waals surface area contributed by atoms with Gasteiger partial charge in [0.1, 0.15) is 22.9 Å². The normalized spacial score (nSPS) is 15.6. The highest BCUT2D eigenvalue weighted by molar-refractivity contribution is 5.98. The van der Waals surface area contributed by atoms with Gasteiger partial charge in [0, 0.05) is 30.3 Å². The number of aromatic nitrogens is 3. The molecule has 0 bridgehead atoms. The molecule has 2 heterocycles. The number of amides is 1. The highest BCUT2D eigenvalue weighted by Gasteiger charge is 2.27. The Bertz CT molecular complexity index is 1650. The quantitative estimate of drug-likeness (QED) is 0.399. The van der Waals surface area contributed by atoms with Crippen molar-refractivity contribution in [1.29, 1.82) is 5.26 Å². The third-order valence-corrected chi connectivity index (χ3v) is 6.69. The van der Waals surface area contributed by atoms with Gasteiger partial charge in [-0.15, -0.1) is 5.10 Å². The van der Waals surface area contributed by atoms with E-state index in [-0.39, 0.29) is 62.9 Å². The van der Waals surface area contributed by atoms with Gasteiger partial charge in [-0.05, 0) is 67.3 Å². The van der Waals surface area contributed by atoms with Crippen LogP contribution in [0.15, 0.2) is 42.5 Å². The number of carbonyl (C=O) groups excluding carboxylic acids is 1. The summed E-state index contributed by atoms with van der Waals surface area (Å²) in [5.74, 6) is -3.48. The van der Waals surface area contributed by atoms with Gasteiger partial charge in [0.25, 0.3) is 5.91 Å². The first kappa shape index (κ1) is 26.3. The van der Waals surface area contributed by atoms with E-state index in [1.54, 1.807) is 11.0 Å². The maximum absolute atomic E-state index is 15.6. The lowest BCUT2D eigenvalue weighted by Crippen LogP contribution is -2.31. The molecule has 0 radical (unpaired) electrons. The number of nitrogens with zero attached hydrogens (tertiary/aromatic N) is 5. The van der Waals surface area contributed by atoms with Crippen LogP contribution in [0.25, 0.3) is 33.3 Å². The van der Waals surface area contributed by atoms with Crippen LogP contribution < -0.4 is 5.73 Å². The van der Waals surface area contributed by atoms with E-state index in [1.807, 2.05) is 0 Å². The van der Waals surface area contributed by atoms with Gasteiger partial charge in [-0.1, -0.05) is 17.3 Å². The van der Waals surface area contributed by atoms with E-state index in [1.165, 1.54) is 50.2 Å². The molecule has 1 fully saturated rings. The van der Waals surface area contributed by atoms with Crippen LogP contribution >= 0.6 is 0 Å². The summed E-state index contributed by atoms with van der Waals surface area (Å²) >= 11 is 0. The van der Waals surface area contributed by atoms with Gasteiger partial charge in [0.2, 0.25) is 0 Å². The summed E-state index contributed by atoms with van der Waals surface area (Å²) in [7, 11) is 0. The van der Waals surface area contributed by atoms with E-state index in [0.717, 1.165) is 10.7 Å². The summed E-state index contributed by atoms with van der Waals surface area (Å²) in [5.41, 5.74) is 5.17. The molecule has 0 aliphatic carbocycles. The van der Waals surface area contributed by atoms with Crippen LogP contribution in [-0.2, 0) is 6.54 Å². The molecular weight excluding hydrogens is 509 g/mol. The molecule has 0 saturated carbocycles. The molecule has 4 aromatic rings. The van der Waals surface area contributed by atoms with Crippen molar-refractivity contribution in [3.8, 4) is 28.3 Å². The number of nitriles is 1. The van der Waals surface area contributed by atoms with E-state index in [2.05, 4.69) is 10.3 Å². The van der Waals surface area contributed by atoms with Crippen molar-refractivity contribution in [1.82, 2.24) is 19.9 Å². The Labute approximate surface area is 222 Å². The Balaban J connectivity index is 1.69. The third kappa shape index (κ3) is 4.96. The molecule has 1 aliphatic rings. The summed E-state index contributed by atoms with van der Waals surface area (Å²) < 4.78 is 46.8. The Morgan fingerprint density at radius 2 is 1.90 bits per heavy atom. The van der Waals surface area contributed by atoms with Gasteiger partial charge >= 0.3 is 0 Å². The minimum Gasteiger partial charge on any atom is -0.389 e. The number of aliphatic hydroxyl groups is 1. The second kappa shape index (κ2) is 9.80. The maximum Gasteiger partial charge on any atom is 0.253 e. The SMILES string of the molecule is CC(C)(O)Cn1nnc2cc(-c3ccc(C(=O)N4CCC(N)C4)cc3-c3ccc(C#N)c(F)c3)c(F)c(F)c21. The first-order chi connectivity index (χ1) is 18.5. The molecule has 3 N–H and O–H groups in total. The average molecular weight is 535 g/mol. The highest BCUT2D eigenvalue weighted by Crippen LogP contribution is 2.38. The van der Waals surface area contributed by atoms with E-state index >= 15 is 8.78 Å². The molecule has 1 saturated heterocycles. The largest absolute Gasteiger partial charge is 0.389 e. The first-order valence-corrected chi connectivity index (χ1v) is 12.3. The van der Waals surface area contributed by atoms with Crippen LogP contribution in [0, 0.1) is 28.8 Å². The van der Waals surface area contributed by atoms with Crippen molar-refractivity contribution < 1.29 is 23.1 Å². The number of likely N-dealkylation sites (tertiary alicyclic amines) is 1. The average Bonchev–Trinajstić information content (AvgIpc) is 3.50. The number of hydrogen-bond acceptors (Lipinski definition) is 6. The predicted octanol–water partition coefficient (Wildman–Crippen LogP) is 4.00. The Hall–Kier alpha value is -4.27. The van der Waals surface area contributed by atoms with Crippen molar-refractivity contribution in [3.63, 3.8) is 0 Å². The first-order valence-electron chi connectivity index (χ1n) is 12.3. The minimum absolute atomic E-state index is 0.0521. The Morgan fingerprint density at radius 1 is 1.13 bits per heavy atom. The molecular formula is C28H25F3N6O2. The standard InChI is InChI=1S/C28H25F3N6O2/c1-28(2,39)14-37-26-23(34-35-37)11-21(24(30)25(26)31)19-6-5-16(27(38)36-8-7-18(33)13-36)9-20(19)15-3-4-17(12-32)22(29)10-15/h3-6,9-11,18,39H,7-8,13-14,33H2,1-2H3. The van der Waals surface area contributed by atoms with E-state index < -0.39 is 23.1 Å². The molecule has 5 rings (SSSR count). The van der Waals surface area contributed by atoms with Gasteiger partial charge in [-0.25, -0.2) is 17.9 Å². The summed E-state index contributed by atoms with van der Waals surface area (Å²) in [6.45, 7) is 3.76. The maximum atomic E-state index is 15.6. The molecule has 1 aliphatic heterocycles. The summed E-state index contributed by atoms with van der Waals surface area (Å²) in [6.07, 6.45) is 0.663. The topological polar surface area (TPSA) is 121 Å². The molecule has 39 heavy (non-hydrogen) atoms. The van der Waals surface area contributed by atoms with Crippen LogP contribution in [0.5, 0.6) is 0 Å². The van der Waals surface area contributed by atoms with Crippen molar-refractivity contribution in [2.45, 2.75) is 38.5 Å². The van der Waals surface area contributed by atoms with Crippen LogP contribution in [0.2, 0.25) is 0 Å². The number of benzene rings is 3. The molecule has 8 nitrogen and oxygen atoms in total. The molecule has 11 heteroatoms. The fourth-order valence-electron chi connectivity index (χ4n) is 4.82. The van der Waals surface area contributed by atoms with Crippen molar-refractivity contribution in [2.75, 3.05) is 13.1 Å². The highest BCUT2D eigenvalue weighted by atomic mass is 19.2. The summed E-state index contributed by atoms with van der Waals surface area (Å²) in [6, 6.07) is 11.3. The van der Waals surface area contributed by atoms with E-state index in [4.69, 9.17) is 11.0 Å². The number of carbonyl (C=O) groups is 1. The van der Waals surface area contributed by atoms with Crippen molar-refractivity contribution in [2.24, 2.45) is 5.73 Å². The molecule has 200 valence electrons. The number of fused-ring (bicyclic) bond motifs is 1. The molecule has 1 unspecified atom stereocenters. The fraction of sp³-hybridized carbons (Fsp3) is 0.286. The van der Waals surface area contributed by atoms with Crippen LogP contribution in [0.4, 0.5) is 13.2 Å². The number of nitrogens with two attached hydrogens (primary N) is 1. The van der Waals surface area contributed by atoms with Crippen molar-refractivity contribution >= 4 is 16.9 Å². The number of rotatable bonds is 5. The zero-order chi connectivity index (χ0) is 28.1. The van der Waals surface area contributed by atoms with Crippen LogP contribution in [0.3, 0.4) is 0 Å². The van der Waals surface area contributed by atoms with Crippen LogP contribution in [0.1, 0.15) is 36.2 Å². The van der Waals surface area contributed by atoms with Gasteiger partial charge in [-0.3, -0.25) is 4.79 Å². The number of halogens is 3. The summed E-state index contributed by atoms with van der Waals surface area (Å²) in [4.78, 5) is 14.8. The predicted molar refractivity (Wildman–Crippen MR) is 138 cm³/mol. The second-order valence-corrected chi connectivity index (χ2v) is 10.3. The van der Waals surface area contributed by atoms with Crippen molar-refractivity contribution in [3.05, 3.63) is 71.0 Å². The monoisotopic (exact) mass is 534 g/mol. The zero-order valence-electron chi connectivity index (χ0n) is 21.3. The smallest absolute Gasteiger partial charge is 0.253 e. The lowest BCUT2D eigenvalue weighted by atomic mass is 9.91. The van der Waals surface area contributed by atoms with E-state index in [0.29, 0.717) is 19.5 Å². The van der Waals surface area contributed by atoms with E-state index in [9.17, 15) is 14.3 Å². The zero-order valence-corrected chi connectivity index (χ0v) is 21.3. The molecule has 1 aromatic heterocycles. The lowest BCUT2D eigenvalue weighted by molar-refractivity contribution is 0.0583. The Kier molecular flexibility index (Phi) is 6.62. The molecule has 1 atom stereocenters. The minimum atomic E-state index is -1.25. The molecule has 3 aromatic carbocycles. The van der Waals surface area contributed by atoms with Gasteiger partial charge in [-0.2, -0.15) is 5.26 Å². The van der Waals surface area contributed by atoms with Gasteiger partial charge < -0.3 is 15.7 Å². The number of hydrogen-bond donors (Lipinski definition) is 2. The fourth-order valence-corrected chi connectivity index (χ4v) is 4.82. The summed E-state index contributed by atoms with van der Waals surface area (Å²) in [5, 5.41) is 27.1. The molecule has 0 spiro atoms. The van der Waals surface area contributed by atoms with Gasteiger partial charge in [0.05, 0.1) is 17.7 Å². The lowest BCUT2D eigenvalue weighted by Gasteiger charge is -2.19.